The highest BCUT2D eigenvalue weighted by atomic mass is 16.6. The van der Waals surface area contributed by atoms with Crippen molar-refractivity contribution >= 4 is 17.9 Å². The second kappa shape index (κ2) is 67.4. The normalized spacial score (nSPS) is 12.5. The monoisotopic (exact) mass is 1100 g/mol. The maximum atomic E-state index is 12.9. The molecule has 0 bridgehead atoms. The van der Waals surface area contributed by atoms with Crippen LogP contribution in [0.2, 0.25) is 0 Å². The maximum absolute atomic E-state index is 12.9. The third kappa shape index (κ3) is 65.5. The van der Waals surface area contributed by atoms with E-state index in [0.29, 0.717) is 19.3 Å². The van der Waals surface area contributed by atoms with Crippen LogP contribution in [0.1, 0.15) is 355 Å². The third-order valence-electron chi connectivity index (χ3n) is 15.2. The van der Waals surface area contributed by atoms with Crippen LogP contribution < -0.4 is 0 Å². The third-order valence-corrected chi connectivity index (χ3v) is 15.2. The van der Waals surface area contributed by atoms with E-state index in [1.54, 1.807) is 0 Å². The van der Waals surface area contributed by atoms with Crippen LogP contribution in [-0.2, 0) is 28.6 Å². The van der Waals surface area contributed by atoms with Gasteiger partial charge in [-0.2, -0.15) is 0 Å². The summed E-state index contributed by atoms with van der Waals surface area (Å²) in [5.74, 6) is -0.868. The van der Waals surface area contributed by atoms with Gasteiger partial charge in [-0.15, -0.1) is 0 Å². The molecular weight excluding hydrogens is 973 g/mol. The van der Waals surface area contributed by atoms with E-state index >= 15 is 0 Å². The largest absolute Gasteiger partial charge is 0.462 e. The topological polar surface area (TPSA) is 78.9 Å². The molecule has 1 unspecified atom stereocenters. The number of hydrogen-bond acceptors (Lipinski definition) is 6. The lowest BCUT2D eigenvalue weighted by Gasteiger charge is -2.18. The molecule has 0 aromatic rings. The van der Waals surface area contributed by atoms with Gasteiger partial charge in [0.05, 0.1) is 0 Å². The molecule has 0 amide bonds. The minimum atomic E-state index is -0.779. The van der Waals surface area contributed by atoms with Gasteiger partial charge in [-0.1, -0.05) is 325 Å². The molecule has 79 heavy (non-hydrogen) atoms. The van der Waals surface area contributed by atoms with E-state index < -0.39 is 6.10 Å². The summed E-state index contributed by atoms with van der Waals surface area (Å²) in [5.41, 5.74) is 0. The van der Waals surface area contributed by atoms with Crippen molar-refractivity contribution in [3.63, 3.8) is 0 Å². The molecule has 0 radical (unpaired) electrons. The van der Waals surface area contributed by atoms with E-state index in [0.717, 1.165) is 109 Å². The van der Waals surface area contributed by atoms with E-state index in [-0.39, 0.29) is 31.1 Å². The van der Waals surface area contributed by atoms with Gasteiger partial charge in [0, 0.05) is 19.3 Å². The van der Waals surface area contributed by atoms with Crippen molar-refractivity contribution in [3.05, 3.63) is 72.9 Å². The standard InChI is InChI=1S/C73H130O6/c1-4-7-10-13-16-19-22-25-27-29-31-32-33-34-35-36-37-38-39-40-42-43-45-48-51-54-57-60-63-66-72(75)78-69-70(68-77-71(74)65-62-59-56-53-50-47-24-21-18-15-12-9-6-3)79-73(76)67-64-61-58-55-52-49-46-44-41-30-28-26-23-20-17-14-11-8-5-2/h7,10,12,15-16,19,21,24-25,27,31-32,70H,4-6,8-9,11,13-14,17-18,20,22-23,26,28-30,33-69H2,1-3H3/b10-7-,15-12-,19-16-,24-21-,27-25-,32-31-. The molecule has 0 aliphatic rings. The molecule has 0 aliphatic carbocycles. The van der Waals surface area contributed by atoms with Crippen LogP contribution in [0.25, 0.3) is 0 Å². The first-order valence-electron chi connectivity index (χ1n) is 34.4. The van der Waals surface area contributed by atoms with Gasteiger partial charge in [0.15, 0.2) is 6.10 Å². The zero-order valence-electron chi connectivity index (χ0n) is 52.6. The first-order chi connectivity index (χ1) is 39.0. The minimum Gasteiger partial charge on any atom is -0.462 e. The van der Waals surface area contributed by atoms with Crippen LogP contribution in [0.4, 0.5) is 0 Å². The van der Waals surface area contributed by atoms with Crippen molar-refractivity contribution in [3.8, 4) is 0 Å². The summed E-state index contributed by atoms with van der Waals surface area (Å²) in [6.07, 6.45) is 87.9. The molecule has 0 heterocycles. The average Bonchev–Trinajstić information content (AvgIpc) is 3.45. The lowest BCUT2D eigenvalue weighted by atomic mass is 10.0. The number of carbonyl (C=O) groups excluding carboxylic acids is 3. The summed E-state index contributed by atoms with van der Waals surface area (Å²) in [6.45, 7) is 6.51. The van der Waals surface area contributed by atoms with Crippen molar-refractivity contribution in [2.75, 3.05) is 13.2 Å². The van der Waals surface area contributed by atoms with Crippen molar-refractivity contribution < 1.29 is 28.6 Å². The first-order valence-corrected chi connectivity index (χ1v) is 34.4. The van der Waals surface area contributed by atoms with E-state index in [2.05, 4.69) is 93.7 Å². The molecule has 0 aromatic heterocycles. The Kier molecular flexibility index (Phi) is 64.7. The molecule has 0 fully saturated rings. The molecule has 0 rings (SSSR count). The number of ether oxygens (including phenoxy) is 3. The van der Waals surface area contributed by atoms with Crippen LogP contribution in [0.3, 0.4) is 0 Å². The number of rotatable bonds is 63. The Labute approximate surface area is 491 Å². The van der Waals surface area contributed by atoms with Crippen molar-refractivity contribution in [1.29, 1.82) is 0 Å². The Balaban J connectivity index is 4.21. The van der Waals surface area contributed by atoms with Gasteiger partial charge < -0.3 is 14.2 Å². The molecule has 458 valence electrons. The Bertz CT molecular complexity index is 1450. The van der Waals surface area contributed by atoms with Crippen molar-refractivity contribution in [2.24, 2.45) is 0 Å². The molecule has 0 aromatic carbocycles. The van der Waals surface area contributed by atoms with Gasteiger partial charge in [-0.05, 0) is 83.5 Å². The molecule has 0 saturated heterocycles. The Morgan fingerprint density at radius 3 is 0.823 bits per heavy atom. The second-order valence-electron chi connectivity index (χ2n) is 23.1. The smallest absolute Gasteiger partial charge is 0.306 e. The Morgan fingerprint density at radius 1 is 0.266 bits per heavy atom. The zero-order chi connectivity index (χ0) is 57.1. The summed E-state index contributed by atoms with van der Waals surface area (Å²) in [6, 6.07) is 0. The summed E-state index contributed by atoms with van der Waals surface area (Å²) in [5, 5.41) is 0. The Morgan fingerprint density at radius 2 is 0.519 bits per heavy atom. The van der Waals surface area contributed by atoms with Crippen LogP contribution >= 0.6 is 0 Å². The summed E-state index contributed by atoms with van der Waals surface area (Å²) < 4.78 is 17.0. The van der Waals surface area contributed by atoms with Gasteiger partial charge in [0.2, 0.25) is 0 Å². The molecule has 0 saturated carbocycles. The predicted molar refractivity (Wildman–Crippen MR) is 344 cm³/mol. The maximum Gasteiger partial charge on any atom is 0.306 e. The number of esters is 3. The molecule has 0 aliphatic heterocycles. The van der Waals surface area contributed by atoms with Crippen molar-refractivity contribution in [2.45, 2.75) is 361 Å². The lowest BCUT2D eigenvalue weighted by molar-refractivity contribution is -0.167. The molecule has 6 nitrogen and oxygen atoms in total. The number of unbranched alkanes of at least 4 members (excludes halogenated alkanes) is 40. The van der Waals surface area contributed by atoms with Gasteiger partial charge in [0.25, 0.3) is 0 Å². The van der Waals surface area contributed by atoms with Gasteiger partial charge in [0.1, 0.15) is 13.2 Å². The minimum absolute atomic E-state index is 0.0751. The fraction of sp³-hybridized carbons (Fsp3) is 0.795. The van der Waals surface area contributed by atoms with Crippen LogP contribution in [0.15, 0.2) is 72.9 Å². The molecular formula is C73H130O6. The predicted octanol–water partition coefficient (Wildman–Crippen LogP) is 23.7. The molecule has 6 heteroatoms. The zero-order valence-corrected chi connectivity index (χ0v) is 52.6. The van der Waals surface area contributed by atoms with E-state index in [1.807, 2.05) is 0 Å². The highest BCUT2D eigenvalue weighted by Crippen LogP contribution is 2.18. The number of carbonyl (C=O) groups is 3. The summed E-state index contributed by atoms with van der Waals surface area (Å²) >= 11 is 0. The highest BCUT2D eigenvalue weighted by molar-refractivity contribution is 5.71. The van der Waals surface area contributed by atoms with Gasteiger partial charge in [-0.3, -0.25) is 14.4 Å². The highest BCUT2D eigenvalue weighted by Gasteiger charge is 2.19. The average molecular weight is 1100 g/mol. The van der Waals surface area contributed by atoms with Gasteiger partial charge in [-0.25, -0.2) is 0 Å². The van der Waals surface area contributed by atoms with Crippen LogP contribution in [-0.4, -0.2) is 37.2 Å². The summed E-state index contributed by atoms with van der Waals surface area (Å²) in [7, 11) is 0. The first kappa shape index (κ1) is 75.8. The fourth-order valence-electron chi connectivity index (χ4n) is 10.1. The van der Waals surface area contributed by atoms with Gasteiger partial charge >= 0.3 is 17.9 Å². The number of hydrogen-bond donors (Lipinski definition) is 0. The van der Waals surface area contributed by atoms with Crippen LogP contribution in [0.5, 0.6) is 0 Å². The Hall–Kier alpha value is -3.15. The number of allylic oxidation sites excluding steroid dienone is 12. The quantitative estimate of drug-likeness (QED) is 0.0261. The summed E-state index contributed by atoms with van der Waals surface area (Å²) in [4.78, 5) is 38.4. The van der Waals surface area contributed by atoms with E-state index in [1.165, 1.54) is 205 Å². The molecule has 1 atom stereocenters. The van der Waals surface area contributed by atoms with E-state index in [9.17, 15) is 14.4 Å². The second-order valence-corrected chi connectivity index (χ2v) is 23.1. The SMILES string of the molecule is CC/C=C\C/C=C\C/C=C\C/C=C\CCCCCCCCCCCCCCCCCCC(=O)OCC(COC(=O)CCCCCCC/C=C\C/C=C\CCC)OC(=O)CCCCCCCCCCCCCCCCCCCCC. The van der Waals surface area contributed by atoms with Crippen LogP contribution in [0, 0.1) is 0 Å². The molecule has 0 N–H and O–H groups in total. The molecule has 0 spiro atoms. The van der Waals surface area contributed by atoms with E-state index in [4.69, 9.17) is 14.2 Å². The lowest BCUT2D eigenvalue weighted by Crippen LogP contribution is -2.30. The fourth-order valence-corrected chi connectivity index (χ4v) is 10.1. The van der Waals surface area contributed by atoms with Crippen molar-refractivity contribution in [1.82, 2.24) is 0 Å².